The Hall–Kier alpha value is -1.54. The molecule has 3 aromatic carbocycles. The van der Waals surface area contributed by atoms with Crippen LogP contribution in [0.2, 0.25) is 10.0 Å². The summed E-state index contributed by atoms with van der Waals surface area (Å²) in [5, 5.41) is 3.54. The molecule has 0 aliphatic rings. The van der Waals surface area contributed by atoms with E-state index in [1.165, 1.54) is 0 Å². The van der Waals surface area contributed by atoms with Gasteiger partial charge in [0.05, 0.1) is 6.04 Å². The van der Waals surface area contributed by atoms with Crippen LogP contribution in [0.1, 0.15) is 22.7 Å². The smallest absolute Gasteiger partial charge is 0.0558 e. The first-order valence-electron chi connectivity index (χ1n) is 6.76. The van der Waals surface area contributed by atoms with Crippen molar-refractivity contribution in [3.8, 4) is 0 Å². The maximum Gasteiger partial charge on any atom is 0.0558 e. The summed E-state index contributed by atoms with van der Waals surface area (Å²) in [5.74, 6) is 0. The Balaban J connectivity index is 2.18. The van der Waals surface area contributed by atoms with Crippen molar-refractivity contribution >= 4 is 34.0 Å². The van der Waals surface area contributed by atoms with Crippen LogP contribution in [-0.2, 0) is 0 Å². The highest BCUT2D eigenvalue weighted by Crippen LogP contribution is 2.32. The lowest BCUT2D eigenvalue weighted by Gasteiger charge is -2.17. The van der Waals surface area contributed by atoms with Gasteiger partial charge in [-0.25, -0.2) is 0 Å². The summed E-state index contributed by atoms with van der Waals surface area (Å²) in [5.41, 5.74) is 9.63. The van der Waals surface area contributed by atoms with Crippen molar-refractivity contribution in [3.63, 3.8) is 0 Å². The van der Waals surface area contributed by atoms with Crippen LogP contribution in [0.5, 0.6) is 0 Å². The van der Waals surface area contributed by atoms with Gasteiger partial charge in [-0.1, -0.05) is 59.6 Å². The van der Waals surface area contributed by atoms with E-state index in [-0.39, 0.29) is 6.04 Å². The molecule has 3 heteroatoms. The Morgan fingerprint density at radius 3 is 2.33 bits per heavy atom. The third-order valence-electron chi connectivity index (χ3n) is 3.66. The zero-order valence-electron chi connectivity index (χ0n) is 11.6. The summed E-state index contributed by atoms with van der Waals surface area (Å²) in [6.45, 7) is 2.02. The summed E-state index contributed by atoms with van der Waals surface area (Å²) in [4.78, 5) is 0. The van der Waals surface area contributed by atoms with Gasteiger partial charge in [-0.3, -0.25) is 0 Å². The summed E-state index contributed by atoms with van der Waals surface area (Å²) >= 11 is 12.4. The van der Waals surface area contributed by atoms with Gasteiger partial charge in [-0.05, 0) is 47.2 Å². The predicted octanol–water partition coefficient (Wildman–Crippen LogP) is 5.50. The lowest BCUT2D eigenvalue weighted by Crippen LogP contribution is -2.12. The van der Waals surface area contributed by atoms with Crippen molar-refractivity contribution in [2.24, 2.45) is 5.73 Å². The Morgan fingerprint density at radius 2 is 1.62 bits per heavy atom. The van der Waals surface area contributed by atoms with Gasteiger partial charge in [0.25, 0.3) is 0 Å². The van der Waals surface area contributed by atoms with Crippen molar-refractivity contribution in [2.75, 3.05) is 0 Å². The Kier molecular flexibility index (Phi) is 3.90. The minimum atomic E-state index is -0.232. The van der Waals surface area contributed by atoms with Crippen LogP contribution < -0.4 is 5.73 Å². The van der Waals surface area contributed by atoms with E-state index in [1.807, 2.05) is 55.5 Å². The number of benzene rings is 3. The molecule has 0 aliphatic carbocycles. The van der Waals surface area contributed by atoms with Crippen LogP contribution in [0.25, 0.3) is 10.8 Å². The van der Waals surface area contributed by atoms with E-state index in [2.05, 4.69) is 6.07 Å². The van der Waals surface area contributed by atoms with Crippen LogP contribution >= 0.6 is 23.2 Å². The van der Waals surface area contributed by atoms with E-state index in [1.54, 1.807) is 0 Å². The molecule has 3 rings (SSSR count). The zero-order chi connectivity index (χ0) is 15.0. The van der Waals surface area contributed by atoms with Crippen LogP contribution in [0, 0.1) is 6.92 Å². The largest absolute Gasteiger partial charge is 0.320 e. The third-order valence-corrected chi connectivity index (χ3v) is 4.21. The Morgan fingerprint density at radius 1 is 0.905 bits per heavy atom. The summed E-state index contributed by atoms with van der Waals surface area (Å²) in [6, 6.07) is 17.6. The van der Waals surface area contributed by atoms with Crippen molar-refractivity contribution in [2.45, 2.75) is 13.0 Å². The van der Waals surface area contributed by atoms with E-state index < -0.39 is 0 Å². The molecule has 0 amide bonds. The molecule has 0 radical (unpaired) electrons. The van der Waals surface area contributed by atoms with Gasteiger partial charge in [-0.2, -0.15) is 0 Å². The van der Waals surface area contributed by atoms with E-state index in [4.69, 9.17) is 28.9 Å². The highest BCUT2D eigenvalue weighted by Gasteiger charge is 2.14. The topological polar surface area (TPSA) is 26.0 Å². The fourth-order valence-electron chi connectivity index (χ4n) is 2.68. The second-order valence-corrected chi connectivity index (χ2v) is 6.07. The second-order valence-electron chi connectivity index (χ2n) is 5.22. The van der Waals surface area contributed by atoms with Gasteiger partial charge in [0.15, 0.2) is 0 Å². The van der Waals surface area contributed by atoms with Crippen molar-refractivity contribution in [3.05, 3.63) is 81.3 Å². The van der Waals surface area contributed by atoms with Gasteiger partial charge in [0.2, 0.25) is 0 Å². The molecule has 106 valence electrons. The summed E-state index contributed by atoms with van der Waals surface area (Å²) in [6.07, 6.45) is 0. The van der Waals surface area contributed by atoms with Crippen molar-refractivity contribution < 1.29 is 0 Å². The number of aryl methyl sites for hydroxylation is 1. The molecule has 1 nitrogen and oxygen atoms in total. The molecule has 2 N–H and O–H groups in total. The van der Waals surface area contributed by atoms with Gasteiger partial charge < -0.3 is 5.73 Å². The first-order valence-corrected chi connectivity index (χ1v) is 7.51. The number of rotatable bonds is 2. The van der Waals surface area contributed by atoms with Gasteiger partial charge in [0.1, 0.15) is 0 Å². The second kappa shape index (κ2) is 5.69. The molecule has 1 unspecified atom stereocenters. The third kappa shape index (κ3) is 2.77. The number of nitrogens with two attached hydrogens (primary N) is 1. The lowest BCUT2D eigenvalue weighted by atomic mass is 9.93. The van der Waals surface area contributed by atoms with Crippen LogP contribution in [0.15, 0.2) is 54.6 Å². The van der Waals surface area contributed by atoms with E-state index in [9.17, 15) is 0 Å². The molecule has 0 fully saturated rings. The lowest BCUT2D eigenvalue weighted by molar-refractivity contribution is 0.879. The summed E-state index contributed by atoms with van der Waals surface area (Å²) < 4.78 is 0. The molecule has 0 bridgehead atoms. The highest BCUT2D eigenvalue weighted by atomic mass is 35.5. The molecule has 0 heterocycles. The molecular formula is C18H15Cl2N. The number of hydrogen-bond acceptors (Lipinski definition) is 1. The molecule has 3 aromatic rings. The van der Waals surface area contributed by atoms with E-state index in [0.29, 0.717) is 5.02 Å². The highest BCUT2D eigenvalue weighted by molar-refractivity contribution is 6.35. The molecule has 0 saturated carbocycles. The maximum atomic E-state index is 6.47. The average Bonchev–Trinajstić information content (AvgIpc) is 2.46. The van der Waals surface area contributed by atoms with E-state index >= 15 is 0 Å². The van der Waals surface area contributed by atoms with Gasteiger partial charge >= 0.3 is 0 Å². The Labute approximate surface area is 134 Å². The molecular weight excluding hydrogens is 301 g/mol. The number of halogens is 2. The SMILES string of the molecule is Cc1cc(Cl)cc(C(N)c2ccc(Cl)c3ccccc23)c1. The first kappa shape index (κ1) is 14.4. The molecule has 1 atom stereocenters. The molecule has 0 saturated heterocycles. The quantitative estimate of drug-likeness (QED) is 0.663. The fraction of sp³-hybridized carbons (Fsp3) is 0.111. The van der Waals surface area contributed by atoms with Crippen molar-refractivity contribution in [1.82, 2.24) is 0 Å². The predicted molar refractivity (Wildman–Crippen MR) is 91.2 cm³/mol. The molecule has 21 heavy (non-hydrogen) atoms. The van der Waals surface area contributed by atoms with Crippen LogP contribution in [0.4, 0.5) is 0 Å². The maximum absolute atomic E-state index is 6.47. The van der Waals surface area contributed by atoms with Crippen LogP contribution in [0.3, 0.4) is 0 Å². The monoisotopic (exact) mass is 315 g/mol. The normalized spacial score (nSPS) is 12.6. The Bertz CT molecular complexity index is 791. The minimum Gasteiger partial charge on any atom is -0.320 e. The van der Waals surface area contributed by atoms with Gasteiger partial charge in [-0.15, -0.1) is 0 Å². The van der Waals surface area contributed by atoms with Gasteiger partial charge in [0, 0.05) is 15.4 Å². The molecule has 0 spiro atoms. The van der Waals surface area contributed by atoms with Crippen LogP contribution in [-0.4, -0.2) is 0 Å². The molecule has 0 aromatic heterocycles. The fourth-order valence-corrected chi connectivity index (χ4v) is 3.21. The first-order chi connectivity index (χ1) is 10.1. The standard InChI is InChI=1S/C18H15Cl2N/c1-11-8-12(10-13(19)9-11)18(21)16-6-7-17(20)15-5-3-2-4-14(15)16/h2-10,18H,21H2,1H3. The van der Waals surface area contributed by atoms with Crippen molar-refractivity contribution in [1.29, 1.82) is 0 Å². The average molecular weight is 316 g/mol. The minimum absolute atomic E-state index is 0.232. The molecule has 0 aliphatic heterocycles. The summed E-state index contributed by atoms with van der Waals surface area (Å²) in [7, 11) is 0. The zero-order valence-corrected chi connectivity index (χ0v) is 13.1. The van der Waals surface area contributed by atoms with E-state index in [0.717, 1.165) is 32.5 Å². The number of fused-ring (bicyclic) bond motifs is 1. The number of hydrogen-bond donors (Lipinski definition) is 1.